The first-order chi connectivity index (χ1) is 17.1. The normalized spacial score (nSPS) is 18.0. The van der Waals surface area contributed by atoms with Crippen molar-refractivity contribution in [2.24, 2.45) is 0 Å². The highest BCUT2D eigenvalue weighted by molar-refractivity contribution is 5.92. The molecule has 2 aliphatic rings. The van der Waals surface area contributed by atoms with Crippen molar-refractivity contribution in [2.45, 2.75) is 44.7 Å². The molecule has 1 amide bonds. The van der Waals surface area contributed by atoms with Gasteiger partial charge in [-0.2, -0.15) is 10.4 Å². The molecule has 9 heteroatoms. The minimum atomic E-state index is -0.411. The summed E-state index contributed by atoms with van der Waals surface area (Å²) in [6, 6.07) is 9.75. The summed E-state index contributed by atoms with van der Waals surface area (Å²) >= 11 is 0. The molecule has 0 aliphatic carbocycles. The van der Waals surface area contributed by atoms with Crippen molar-refractivity contribution in [1.29, 1.82) is 5.26 Å². The van der Waals surface area contributed by atoms with Crippen molar-refractivity contribution in [3.05, 3.63) is 54.0 Å². The third-order valence-corrected chi connectivity index (χ3v) is 6.81. The van der Waals surface area contributed by atoms with E-state index in [-0.39, 0.29) is 11.9 Å². The molecule has 4 heterocycles. The van der Waals surface area contributed by atoms with Gasteiger partial charge in [0.1, 0.15) is 17.4 Å². The van der Waals surface area contributed by atoms with Gasteiger partial charge < -0.3 is 14.8 Å². The van der Waals surface area contributed by atoms with Gasteiger partial charge in [0.05, 0.1) is 25.0 Å². The molecule has 5 rings (SSSR count). The molecule has 1 fully saturated rings. The quantitative estimate of drug-likeness (QED) is 0.598. The van der Waals surface area contributed by atoms with E-state index in [1.807, 2.05) is 29.9 Å². The Hall–Kier alpha value is -3.90. The molecule has 1 atom stereocenters. The number of ether oxygens (including phenoxy) is 2. The summed E-state index contributed by atoms with van der Waals surface area (Å²) < 4.78 is 13.5. The maximum atomic E-state index is 12.6. The molecule has 0 saturated carbocycles. The Bertz CT molecular complexity index is 1270. The van der Waals surface area contributed by atoms with Crippen LogP contribution >= 0.6 is 0 Å². The number of carbonyl (C=O) groups is 1. The van der Waals surface area contributed by atoms with Crippen LogP contribution in [-0.2, 0) is 11.2 Å². The SMILES string of the molecule is COC(=O)N1c2ccc(-c3cnn(C4CCNCC4)c3)c(Oc3ncccc3C#N)c2CCC1C. The monoisotopic (exact) mass is 472 g/mol. The molecule has 0 bridgehead atoms. The minimum absolute atomic E-state index is 0.0131. The lowest BCUT2D eigenvalue weighted by Crippen LogP contribution is -2.42. The maximum absolute atomic E-state index is 12.6. The summed E-state index contributed by atoms with van der Waals surface area (Å²) in [6.07, 6.45) is 8.62. The van der Waals surface area contributed by atoms with Crippen molar-refractivity contribution >= 4 is 11.8 Å². The molecule has 3 aromatic rings. The Kier molecular flexibility index (Phi) is 6.38. The van der Waals surface area contributed by atoms with E-state index in [1.165, 1.54) is 7.11 Å². The van der Waals surface area contributed by atoms with Crippen LogP contribution in [0.5, 0.6) is 11.6 Å². The zero-order valence-corrected chi connectivity index (χ0v) is 19.9. The lowest BCUT2D eigenvalue weighted by Gasteiger charge is -2.35. The molecule has 35 heavy (non-hydrogen) atoms. The van der Waals surface area contributed by atoms with E-state index >= 15 is 0 Å². The predicted molar refractivity (Wildman–Crippen MR) is 130 cm³/mol. The Labute approximate surface area is 204 Å². The van der Waals surface area contributed by atoms with E-state index in [1.54, 1.807) is 23.2 Å². The van der Waals surface area contributed by atoms with E-state index in [0.717, 1.165) is 54.7 Å². The zero-order chi connectivity index (χ0) is 24.4. The van der Waals surface area contributed by atoms with Crippen molar-refractivity contribution in [3.63, 3.8) is 0 Å². The van der Waals surface area contributed by atoms with Gasteiger partial charge in [-0.3, -0.25) is 9.58 Å². The number of fused-ring (bicyclic) bond motifs is 1. The fourth-order valence-electron chi connectivity index (χ4n) is 4.93. The van der Waals surface area contributed by atoms with Crippen LogP contribution in [0.15, 0.2) is 42.9 Å². The van der Waals surface area contributed by atoms with Crippen LogP contribution in [0, 0.1) is 11.3 Å². The topological polar surface area (TPSA) is 105 Å². The van der Waals surface area contributed by atoms with E-state index in [4.69, 9.17) is 9.47 Å². The molecule has 0 radical (unpaired) electrons. The van der Waals surface area contributed by atoms with Gasteiger partial charge in [0.25, 0.3) is 0 Å². The number of methoxy groups -OCH3 is 1. The second kappa shape index (κ2) is 9.76. The van der Waals surface area contributed by atoms with Crippen molar-refractivity contribution < 1.29 is 14.3 Å². The zero-order valence-electron chi connectivity index (χ0n) is 19.9. The molecule has 1 aromatic carbocycles. The number of hydrogen-bond acceptors (Lipinski definition) is 7. The van der Waals surface area contributed by atoms with Gasteiger partial charge in [-0.05, 0) is 70.0 Å². The summed E-state index contributed by atoms with van der Waals surface area (Å²) in [7, 11) is 1.39. The molecule has 1 unspecified atom stereocenters. The van der Waals surface area contributed by atoms with E-state index < -0.39 is 6.09 Å². The fraction of sp³-hybridized carbons (Fsp3) is 0.385. The Balaban J connectivity index is 1.63. The second-order valence-electron chi connectivity index (χ2n) is 8.93. The summed E-state index contributed by atoms with van der Waals surface area (Å²) in [4.78, 5) is 18.6. The first kappa shape index (κ1) is 22.9. The number of amides is 1. The third-order valence-electron chi connectivity index (χ3n) is 6.81. The number of carbonyl (C=O) groups excluding carboxylic acids is 1. The van der Waals surface area contributed by atoms with E-state index in [0.29, 0.717) is 23.8 Å². The van der Waals surface area contributed by atoms with Crippen molar-refractivity contribution in [3.8, 4) is 28.8 Å². The standard InChI is InChI=1S/C26H28N6O3/c1-17-5-6-22-23(32(17)26(33)34-2)8-7-21(24(22)35-25-18(14-27)4-3-11-29-25)19-15-30-31(16-19)20-9-12-28-13-10-20/h3-4,7-8,11,15-17,20,28H,5-6,9-10,12-13H2,1-2H3. The Morgan fingerprint density at radius 2 is 2.06 bits per heavy atom. The first-order valence-electron chi connectivity index (χ1n) is 11.9. The molecule has 180 valence electrons. The smallest absolute Gasteiger partial charge is 0.414 e. The van der Waals surface area contributed by atoms with Crippen LogP contribution in [0.3, 0.4) is 0 Å². The molecule has 1 saturated heterocycles. The van der Waals surface area contributed by atoms with Gasteiger partial charge in [0.2, 0.25) is 5.88 Å². The fourth-order valence-corrected chi connectivity index (χ4v) is 4.93. The van der Waals surface area contributed by atoms with Crippen molar-refractivity contribution in [1.82, 2.24) is 20.1 Å². The summed E-state index contributed by atoms with van der Waals surface area (Å²) in [5, 5.41) is 17.6. The van der Waals surface area contributed by atoms with Crippen LogP contribution in [0.25, 0.3) is 11.1 Å². The van der Waals surface area contributed by atoms with Gasteiger partial charge in [0.15, 0.2) is 0 Å². The highest BCUT2D eigenvalue weighted by Gasteiger charge is 2.33. The van der Waals surface area contributed by atoms with Crippen LogP contribution in [0.2, 0.25) is 0 Å². The van der Waals surface area contributed by atoms with E-state index in [9.17, 15) is 10.1 Å². The molecule has 0 spiro atoms. The van der Waals surface area contributed by atoms with Crippen LogP contribution < -0.4 is 15.0 Å². The van der Waals surface area contributed by atoms with Gasteiger partial charge >= 0.3 is 6.09 Å². The van der Waals surface area contributed by atoms with Gasteiger partial charge in [-0.15, -0.1) is 0 Å². The number of nitriles is 1. The average molecular weight is 473 g/mol. The largest absolute Gasteiger partial charge is 0.452 e. The van der Waals surface area contributed by atoms with E-state index in [2.05, 4.69) is 27.7 Å². The Morgan fingerprint density at radius 3 is 2.83 bits per heavy atom. The lowest BCUT2D eigenvalue weighted by molar-refractivity contribution is 0.175. The molecular formula is C26H28N6O3. The number of rotatable bonds is 4. The number of hydrogen-bond donors (Lipinski definition) is 1. The molecule has 2 aromatic heterocycles. The number of pyridine rings is 1. The number of piperidine rings is 1. The maximum Gasteiger partial charge on any atom is 0.414 e. The highest BCUT2D eigenvalue weighted by atomic mass is 16.5. The number of nitrogens with zero attached hydrogens (tertiary/aromatic N) is 5. The number of aromatic nitrogens is 3. The van der Waals surface area contributed by atoms with Crippen LogP contribution in [0.1, 0.15) is 43.4 Å². The number of benzene rings is 1. The second-order valence-corrected chi connectivity index (χ2v) is 8.93. The molecule has 2 aliphatic heterocycles. The number of anilines is 1. The Morgan fingerprint density at radius 1 is 1.23 bits per heavy atom. The van der Waals surface area contributed by atoms with Crippen LogP contribution in [-0.4, -0.2) is 47.1 Å². The summed E-state index contributed by atoms with van der Waals surface area (Å²) in [5.41, 5.74) is 3.73. The first-order valence-corrected chi connectivity index (χ1v) is 11.9. The van der Waals surface area contributed by atoms with Gasteiger partial charge in [-0.25, -0.2) is 9.78 Å². The minimum Gasteiger partial charge on any atom is -0.452 e. The highest BCUT2D eigenvalue weighted by Crippen LogP contribution is 2.45. The summed E-state index contributed by atoms with van der Waals surface area (Å²) in [5.74, 6) is 0.821. The summed E-state index contributed by atoms with van der Waals surface area (Å²) in [6.45, 7) is 3.96. The average Bonchev–Trinajstić information content (AvgIpc) is 3.39. The van der Waals surface area contributed by atoms with Crippen molar-refractivity contribution in [2.75, 3.05) is 25.1 Å². The lowest BCUT2D eigenvalue weighted by atomic mass is 9.92. The van der Waals surface area contributed by atoms with Crippen LogP contribution in [0.4, 0.5) is 10.5 Å². The molecule has 1 N–H and O–H groups in total. The third kappa shape index (κ3) is 4.33. The molecule has 9 nitrogen and oxygen atoms in total. The molecular weight excluding hydrogens is 444 g/mol. The number of nitrogens with one attached hydrogen (secondary N) is 1. The predicted octanol–water partition coefficient (Wildman–Crippen LogP) is 4.44. The van der Waals surface area contributed by atoms with Gasteiger partial charge in [-0.1, -0.05) is 0 Å². The van der Waals surface area contributed by atoms with Gasteiger partial charge in [0, 0.05) is 35.1 Å².